The summed E-state index contributed by atoms with van der Waals surface area (Å²) < 4.78 is 13.5. The molecule has 3 rings (SSSR count). The van der Waals surface area contributed by atoms with Crippen molar-refractivity contribution in [1.82, 2.24) is 15.3 Å². The van der Waals surface area contributed by atoms with Gasteiger partial charge in [0.1, 0.15) is 23.0 Å². The summed E-state index contributed by atoms with van der Waals surface area (Å²) in [6.07, 6.45) is 2.63. The SMILES string of the molecule is C/C=C\SC(NC(=O)c1[nH]c(-c2cccc([N+](=O)[O-])c2)nc1-c1ccc(F)cc1)=C(C)CC. The Morgan fingerprint density at radius 2 is 1.97 bits per heavy atom. The van der Waals surface area contributed by atoms with Gasteiger partial charge in [0.25, 0.3) is 11.6 Å². The van der Waals surface area contributed by atoms with E-state index >= 15 is 0 Å². The van der Waals surface area contributed by atoms with Gasteiger partial charge < -0.3 is 10.3 Å². The molecular formula is C24H23FN4O3S. The van der Waals surface area contributed by atoms with Gasteiger partial charge in [0.05, 0.1) is 9.95 Å². The van der Waals surface area contributed by atoms with E-state index in [0.29, 0.717) is 27.7 Å². The maximum absolute atomic E-state index is 13.5. The third-order valence-electron chi connectivity index (χ3n) is 4.85. The molecule has 0 saturated heterocycles. The lowest BCUT2D eigenvalue weighted by Gasteiger charge is -2.11. The molecule has 1 heterocycles. The molecule has 7 nitrogen and oxygen atoms in total. The first-order valence-electron chi connectivity index (χ1n) is 10.2. The Hall–Kier alpha value is -3.72. The Morgan fingerprint density at radius 1 is 1.24 bits per heavy atom. The number of hydrogen-bond donors (Lipinski definition) is 2. The minimum absolute atomic E-state index is 0.0928. The fourth-order valence-corrected chi connectivity index (χ4v) is 3.73. The van der Waals surface area contributed by atoms with Crippen LogP contribution in [0.15, 0.2) is 70.6 Å². The molecule has 0 aliphatic rings. The van der Waals surface area contributed by atoms with Gasteiger partial charge in [-0.05, 0) is 55.5 Å². The number of nitrogens with zero attached hydrogens (tertiary/aromatic N) is 2. The molecule has 1 amide bonds. The van der Waals surface area contributed by atoms with Crippen molar-refractivity contribution in [2.75, 3.05) is 0 Å². The number of amides is 1. The smallest absolute Gasteiger partial charge is 0.274 e. The number of benzene rings is 2. The van der Waals surface area contributed by atoms with E-state index in [2.05, 4.69) is 15.3 Å². The van der Waals surface area contributed by atoms with Crippen molar-refractivity contribution in [3.05, 3.63) is 92.2 Å². The molecule has 33 heavy (non-hydrogen) atoms. The number of carbonyl (C=O) groups excluding carboxylic acids is 1. The lowest BCUT2D eigenvalue weighted by molar-refractivity contribution is -0.384. The Kier molecular flexibility index (Phi) is 7.78. The van der Waals surface area contributed by atoms with Gasteiger partial charge >= 0.3 is 0 Å². The van der Waals surface area contributed by atoms with Gasteiger partial charge in [0.2, 0.25) is 0 Å². The Labute approximate surface area is 195 Å². The van der Waals surface area contributed by atoms with Crippen LogP contribution in [0, 0.1) is 15.9 Å². The van der Waals surface area contributed by atoms with Gasteiger partial charge in [-0.1, -0.05) is 36.9 Å². The van der Waals surface area contributed by atoms with Gasteiger partial charge in [-0.15, -0.1) is 0 Å². The predicted molar refractivity (Wildman–Crippen MR) is 129 cm³/mol. The number of H-pyrrole nitrogens is 1. The normalized spacial score (nSPS) is 12.0. The number of nitrogens with one attached hydrogen (secondary N) is 2. The van der Waals surface area contributed by atoms with Crippen molar-refractivity contribution in [3.8, 4) is 22.6 Å². The summed E-state index contributed by atoms with van der Waals surface area (Å²) in [6.45, 7) is 5.83. The number of rotatable bonds is 8. The Morgan fingerprint density at radius 3 is 2.61 bits per heavy atom. The largest absolute Gasteiger partial charge is 0.333 e. The Balaban J connectivity index is 2.09. The highest BCUT2D eigenvalue weighted by molar-refractivity contribution is 8.05. The van der Waals surface area contributed by atoms with E-state index in [1.807, 2.05) is 32.3 Å². The fourth-order valence-electron chi connectivity index (χ4n) is 2.96. The molecule has 1 aromatic heterocycles. The fraction of sp³-hybridized carbons (Fsp3) is 0.167. The minimum Gasteiger partial charge on any atom is -0.333 e. The number of non-ortho nitro benzene ring substituents is 1. The van der Waals surface area contributed by atoms with Gasteiger partial charge in [-0.2, -0.15) is 0 Å². The number of halogens is 1. The second kappa shape index (κ2) is 10.7. The molecule has 0 bridgehead atoms. The van der Waals surface area contributed by atoms with Crippen LogP contribution in [-0.2, 0) is 0 Å². The Bertz CT molecular complexity index is 1230. The van der Waals surface area contributed by atoms with E-state index < -0.39 is 16.6 Å². The van der Waals surface area contributed by atoms with Crippen molar-refractivity contribution in [2.45, 2.75) is 27.2 Å². The summed E-state index contributed by atoms with van der Waals surface area (Å²) >= 11 is 1.40. The van der Waals surface area contributed by atoms with Crippen molar-refractivity contribution >= 4 is 23.4 Å². The highest BCUT2D eigenvalue weighted by atomic mass is 32.2. The molecule has 3 aromatic rings. The van der Waals surface area contributed by atoms with Gasteiger partial charge in [-0.25, -0.2) is 9.37 Å². The number of imidazole rings is 1. The van der Waals surface area contributed by atoms with Crippen molar-refractivity contribution < 1.29 is 14.1 Å². The molecule has 0 atom stereocenters. The van der Waals surface area contributed by atoms with Gasteiger partial charge in [-0.3, -0.25) is 14.9 Å². The standard InChI is InChI=1S/C24H23FN4O3S/c1-4-13-33-24(15(3)5-2)28-23(30)21-20(16-9-11-18(25)12-10-16)26-22(27-21)17-7-6-8-19(14-17)29(31)32/h4,6-14H,5H2,1-3H3,(H,26,27)(H,28,30)/b13-4-,24-15?. The van der Waals surface area contributed by atoms with Crippen LogP contribution in [-0.4, -0.2) is 20.8 Å². The van der Waals surface area contributed by atoms with Crippen LogP contribution in [0.4, 0.5) is 10.1 Å². The molecule has 0 aliphatic heterocycles. The second-order valence-electron chi connectivity index (χ2n) is 7.13. The van der Waals surface area contributed by atoms with Crippen molar-refractivity contribution in [3.63, 3.8) is 0 Å². The van der Waals surface area contributed by atoms with E-state index in [1.165, 1.54) is 48.2 Å². The summed E-state index contributed by atoms with van der Waals surface area (Å²) in [5.74, 6) is -0.536. The topological polar surface area (TPSA) is 101 Å². The summed E-state index contributed by atoms with van der Waals surface area (Å²) in [6, 6.07) is 11.6. The summed E-state index contributed by atoms with van der Waals surface area (Å²) in [7, 11) is 0. The number of allylic oxidation sites excluding steroid dienone is 2. The van der Waals surface area contributed by atoms with Crippen LogP contribution in [0.3, 0.4) is 0 Å². The van der Waals surface area contributed by atoms with Crippen LogP contribution in [0.5, 0.6) is 0 Å². The van der Waals surface area contributed by atoms with E-state index in [0.717, 1.165) is 12.0 Å². The minimum atomic E-state index is -0.496. The molecule has 2 N–H and O–H groups in total. The monoisotopic (exact) mass is 466 g/mol. The highest BCUT2D eigenvalue weighted by Gasteiger charge is 2.22. The lowest BCUT2D eigenvalue weighted by Crippen LogP contribution is -2.23. The molecule has 0 aliphatic carbocycles. The first-order valence-corrected chi connectivity index (χ1v) is 11.1. The van der Waals surface area contributed by atoms with Crippen LogP contribution in [0.2, 0.25) is 0 Å². The molecule has 0 fully saturated rings. The molecule has 2 aromatic carbocycles. The predicted octanol–water partition coefficient (Wildman–Crippen LogP) is 6.43. The average Bonchev–Trinajstić information content (AvgIpc) is 3.27. The van der Waals surface area contributed by atoms with Crippen LogP contribution < -0.4 is 5.32 Å². The number of hydrogen-bond acceptors (Lipinski definition) is 5. The van der Waals surface area contributed by atoms with Crippen LogP contribution in [0.1, 0.15) is 37.7 Å². The van der Waals surface area contributed by atoms with Crippen LogP contribution in [0.25, 0.3) is 22.6 Å². The summed E-state index contributed by atoms with van der Waals surface area (Å²) in [5, 5.41) is 16.7. The number of aromatic nitrogens is 2. The zero-order valence-corrected chi connectivity index (χ0v) is 19.2. The maximum atomic E-state index is 13.5. The van der Waals surface area contributed by atoms with Crippen LogP contribution >= 0.6 is 11.8 Å². The third-order valence-corrected chi connectivity index (χ3v) is 5.94. The lowest BCUT2D eigenvalue weighted by atomic mass is 10.1. The van der Waals surface area contributed by atoms with E-state index in [1.54, 1.807) is 12.1 Å². The zero-order valence-electron chi connectivity index (χ0n) is 18.4. The van der Waals surface area contributed by atoms with Gasteiger partial charge in [0.15, 0.2) is 0 Å². The van der Waals surface area contributed by atoms with E-state index in [-0.39, 0.29) is 11.4 Å². The number of aromatic amines is 1. The molecular weight excluding hydrogens is 443 g/mol. The molecule has 170 valence electrons. The van der Waals surface area contributed by atoms with Gasteiger partial charge in [0, 0.05) is 23.3 Å². The maximum Gasteiger partial charge on any atom is 0.274 e. The number of carbonyl (C=O) groups is 1. The molecule has 0 spiro atoms. The van der Waals surface area contributed by atoms with E-state index in [9.17, 15) is 19.3 Å². The van der Waals surface area contributed by atoms with E-state index in [4.69, 9.17) is 0 Å². The molecule has 0 saturated carbocycles. The first-order chi connectivity index (χ1) is 15.8. The average molecular weight is 467 g/mol. The summed E-state index contributed by atoms with van der Waals surface area (Å²) in [5.41, 5.74) is 2.39. The second-order valence-corrected chi connectivity index (χ2v) is 8.04. The zero-order chi connectivity index (χ0) is 24.0. The quantitative estimate of drug-likeness (QED) is 0.294. The van der Waals surface area contributed by atoms with Crippen molar-refractivity contribution in [2.24, 2.45) is 0 Å². The summed E-state index contributed by atoms with van der Waals surface area (Å²) in [4.78, 5) is 31.5. The third kappa shape index (κ3) is 5.75. The molecule has 0 radical (unpaired) electrons. The molecule has 9 heteroatoms. The highest BCUT2D eigenvalue weighted by Crippen LogP contribution is 2.29. The number of nitro groups is 1. The number of thioether (sulfide) groups is 1. The van der Waals surface area contributed by atoms with Crippen molar-refractivity contribution in [1.29, 1.82) is 0 Å². The molecule has 0 unspecified atom stereocenters. The first kappa shape index (κ1) is 23.9. The number of nitro benzene ring substituents is 1.